The van der Waals surface area contributed by atoms with Crippen LogP contribution in [0.1, 0.15) is 19.6 Å². The summed E-state index contributed by atoms with van der Waals surface area (Å²) < 4.78 is 5.49. The second-order valence-electron chi connectivity index (χ2n) is 3.75. The Bertz CT molecular complexity index is 472. The van der Waals surface area contributed by atoms with E-state index in [1.807, 2.05) is 32.0 Å². The fraction of sp³-hybridized carbons (Fsp3) is 0.273. The molecule has 0 saturated carbocycles. The van der Waals surface area contributed by atoms with Crippen LogP contribution in [0.2, 0.25) is 0 Å². The van der Waals surface area contributed by atoms with Gasteiger partial charge >= 0.3 is 0 Å². The van der Waals surface area contributed by atoms with E-state index in [9.17, 15) is 0 Å². The fourth-order valence-corrected chi connectivity index (χ4v) is 1.24. The molecule has 0 aromatic carbocycles. The molecular weight excluding hydrogens is 176 g/mol. The molecule has 3 nitrogen and oxygen atoms in total. The molecule has 0 amide bonds. The van der Waals surface area contributed by atoms with Crippen molar-refractivity contribution in [3.8, 4) is 6.07 Å². The van der Waals surface area contributed by atoms with Gasteiger partial charge in [0.25, 0.3) is 0 Å². The van der Waals surface area contributed by atoms with Crippen molar-refractivity contribution in [2.75, 3.05) is 0 Å². The molecule has 0 aliphatic carbocycles. The van der Waals surface area contributed by atoms with Crippen LogP contribution in [-0.4, -0.2) is 4.98 Å². The predicted octanol–water partition coefficient (Wildman–Crippen LogP) is 2.63. The zero-order valence-corrected chi connectivity index (χ0v) is 8.11. The highest BCUT2D eigenvalue weighted by molar-refractivity contribution is 5.74. The van der Waals surface area contributed by atoms with Gasteiger partial charge in [0.05, 0.1) is 6.07 Å². The quantitative estimate of drug-likeness (QED) is 0.687. The van der Waals surface area contributed by atoms with E-state index in [2.05, 4.69) is 11.1 Å². The number of rotatable bonds is 1. The Morgan fingerprint density at radius 1 is 1.50 bits per heavy atom. The number of nitrogens with zero attached hydrogens (tertiary/aromatic N) is 2. The minimum atomic E-state index is -0.597. The molecule has 14 heavy (non-hydrogen) atoms. The molecule has 0 radical (unpaired) electrons. The van der Waals surface area contributed by atoms with E-state index in [0.29, 0.717) is 11.5 Å². The normalized spacial score (nSPS) is 11.5. The number of fused-ring (bicyclic) bond motifs is 1. The van der Waals surface area contributed by atoms with Gasteiger partial charge in [-0.15, -0.1) is 0 Å². The smallest absolute Gasteiger partial charge is 0.226 e. The Balaban J connectivity index is 2.62. The fourth-order valence-electron chi connectivity index (χ4n) is 1.24. The summed E-state index contributed by atoms with van der Waals surface area (Å²) >= 11 is 0. The topological polar surface area (TPSA) is 49.8 Å². The maximum absolute atomic E-state index is 8.94. The van der Waals surface area contributed by atoms with Crippen LogP contribution in [0.3, 0.4) is 0 Å². The first-order valence-corrected chi connectivity index (χ1v) is 4.40. The summed E-state index contributed by atoms with van der Waals surface area (Å²) in [5.41, 5.74) is -0.00780. The molecule has 0 spiro atoms. The van der Waals surface area contributed by atoms with Gasteiger partial charge in [-0.05, 0) is 32.0 Å². The molecule has 0 unspecified atom stereocenters. The largest absolute Gasteiger partial charge is 0.441 e. The van der Waals surface area contributed by atoms with Crippen molar-refractivity contribution in [1.82, 2.24) is 4.98 Å². The summed E-state index contributed by atoms with van der Waals surface area (Å²) in [7, 11) is 0. The third-order valence-corrected chi connectivity index (χ3v) is 2.19. The zero-order valence-electron chi connectivity index (χ0n) is 8.11. The number of aromatic nitrogens is 1. The van der Waals surface area contributed by atoms with Crippen molar-refractivity contribution in [2.24, 2.45) is 0 Å². The average molecular weight is 186 g/mol. The van der Waals surface area contributed by atoms with E-state index < -0.39 is 5.41 Å². The van der Waals surface area contributed by atoms with Crippen LogP contribution in [0.5, 0.6) is 0 Å². The Morgan fingerprint density at radius 2 is 2.29 bits per heavy atom. The van der Waals surface area contributed by atoms with Crippen LogP contribution in [0.25, 0.3) is 11.1 Å². The lowest BCUT2D eigenvalue weighted by molar-refractivity contribution is 0.465. The maximum atomic E-state index is 8.94. The Labute approximate surface area is 82.0 Å². The van der Waals surface area contributed by atoms with Crippen molar-refractivity contribution in [3.63, 3.8) is 0 Å². The van der Waals surface area contributed by atoms with Gasteiger partial charge in [0.15, 0.2) is 0 Å². The van der Waals surface area contributed by atoms with Crippen molar-refractivity contribution < 1.29 is 4.42 Å². The van der Waals surface area contributed by atoms with Crippen LogP contribution in [0, 0.1) is 11.3 Å². The first-order chi connectivity index (χ1) is 6.63. The standard InChI is InChI=1S/C11H10N2O/c1-11(2,7-12)9-6-8-4-3-5-13-10(8)14-9/h3-6H,1-2H3. The average Bonchev–Trinajstić information content (AvgIpc) is 2.61. The van der Waals surface area contributed by atoms with Gasteiger partial charge < -0.3 is 4.42 Å². The third kappa shape index (κ3) is 1.25. The molecule has 70 valence electrons. The number of nitriles is 1. The second kappa shape index (κ2) is 2.85. The molecular formula is C11H10N2O. The van der Waals surface area contributed by atoms with Gasteiger partial charge in [-0.3, -0.25) is 0 Å². The van der Waals surface area contributed by atoms with Crippen molar-refractivity contribution >= 4 is 11.1 Å². The molecule has 0 aliphatic rings. The molecule has 2 aromatic rings. The molecule has 2 rings (SSSR count). The highest BCUT2D eigenvalue weighted by Crippen LogP contribution is 2.27. The van der Waals surface area contributed by atoms with E-state index in [1.165, 1.54) is 0 Å². The minimum absolute atomic E-state index is 0.589. The first kappa shape index (κ1) is 8.76. The van der Waals surface area contributed by atoms with Crippen LogP contribution < -0.4 is 0 Å². The summed E-state index contributed by atoms with van der Waals surface area (Å²) in [5, 5.41) is 9.88. The lowest BCUT2D eigenvalue weighted by atomic mass is 9.92. The van der Waals surface area contributed by atoms with Gasteiger partial charge in [-0.1, -0.05) is 0 Å². The molecule has 0 atom stereocenters. The van der Waals surface area contributed by atoms with Gasteiger partial charge in [0, 0.05) is 11.6 Å². The third-order valence-electron chi connectivity index (χ3n) is 2.19. The molecule has 0 saturated heterocycles. The van der Waals surface area contributed by atoms with Crippen molar-refractivity contribution in [3.05, 3.63) is 30.2 Å². The van der Waals surface area contributed by atoms with E-state index in [1.54, 1.807) is 6.20 Å². The number of hydrogen-bond donors (Lipinski definition) is 0. The predicted molar refractivity (Wildman–Crippen MR) is 52.6 cm³/mol. The summed E-state index contributed by atoms with van der Waals surface area (Å²) in [5.74, 6) is 0.661. The van der Waals surface area contributed by atoms with Crippen LogP contribution in [0.15, 0.2) is 28.8 Å². The van der Waals surface area contributed by atoms with E-state index >= 15 is 0 Å². The molecule has 0 N–H and O–H groups in total. The number of pyridine rings is 1. The Hall–Kier alpha value is -1.82. The lowest BCUT2D eigenvalue weighted by Crippen LogP contribution is -2.12. The molecule has 0 aliphatic heterocycles. The Kier molecular flexibility index (Phi) is 1.78. The van der Waals surface area contributed by atoms with Gasteiger partial charge in [-0.25, -0.2) is 4.98 Å². The highest BCUT2D eigenvalue weighted by atomic mass is 16.3. The van der Waals surface area contributed by atoms with Crippen LogP contribution >= 0.6 is 0 Å². The van der Waals surface area contributed by atoms with Crippen molar-refractivity contribution in [1.29, 1.82) is 5.26 Å². The van der Waals surface area contributed by atoms with Crippen LogP contribution in [-0.2, 0) is 5.41 Å². The SMILES string of the molecule is CC(C)(C#N)c1cc2cccnc2o1. The molecule has 2 aromatic heterocycles. The van der Waals surface area contributed by atoms with Crippen LogP contribution in [0.4, 0.5) is 0 Å². The lowest BCUT2D eigenvalue weighted by Gasteiger charge is -2.09. The minimum Gasteiger partial charge on any atom is -0.441 e. The van der Waals surface area contributed by atoms with E-state index in [-0.39, 0.29) is 0 Å². The van der Waals surface area contributed by atoms with Crippen molar-refractivity contribution in [2.45, 2.75) is 19.3 Å². The van der Waals surface area contributed by atoms with Gasteiger partial charge in [0.1, 0.15) is 11.2 Å². The van der Waals surface area contributed by atoms with Gasteiger partial charge in [0.2, 0.25) is 5.71 Å². The summed E-state index contributed by atoms with van der Waals surface area (Å²) in [4.78, 5) is 4.07. The first-order valence-electron chi connectivity index (χ1n) is 4.40. The maximum Gasteiger partial charge on any atom is 0.226 e. The zero-order chi connectivity index (χ0) is 10.2. The number of hydrogen-bond acceptors (Lipinski definition) is 3. The summed E-state index contributed by atoms with van der Waals surface area (Å²) in [6.07, 6.45) is 1.68. The van der Waals surface area contributed by atoms with E-state index in [0.717, 1.165) is 5.39 Å². The summed E-state index contributed by atoms with van der Waals surface area (Å²) in [6.45, 7) is 3.65. The highest BCUT2D eigenvalue weighted by Gasteiger charge is 2.24. The number of furan rings is 1. The molecule has 0 fully saturated rings. The monoisotopic (exact) mass is 186 g/mol. The summed E-state index contributed by atoms with van der Waals surface area (Å²) in [6, 6.07) is 7.83. The Morgan fingerprint density at radius 3 is 2.93 bits per heavy atom. The van der Waals surface area contributed by atoms with E-state index in [4.69, 9.17) is 9.68 Å². The molecule has 3 heteroatoms. The molecule has 0 bridgehead atoms. The molecule has 2 heterocycles. The second-order valence-corrected chi connectivity index (χ2v) is 3.75. The van der Waals surface area contributed by atoms with Gasteiger partial charge in [-0.2, -0.15) is 5.26 Å².